The first kappa shape index (κ1) is 14.6. The molecule has 1 unspecified atom stereocenters. The van der Waals surface area contributed by atoms with Crippen molar-refractivity contribution in [2.45, 2.75) is 18.7 Å². The van der Waals surface area contributed by atoms with Crippen LogP contribution in [0.3, 0.4) is 0 Å². The minimum atomic E-state index is -4.37. The molecule has 0 aliphatic carbocycles. The molecule has 2 rings (SSSR count). The highest BCUT2D eigenvalue weighted by Gasteiger charge is 2.31. The van der Waals surface area contributed by atoms with E-state index >= 15 is 0 Å². The number of nitrogens with zero attached hydrogens (tertiary/aromatic N) is 1. The van der Waals surface area contributed by atoms with Crippen LogP contribution in [-0.2, 0) is 15.7 Å². The molecule has 0 saturated carbocycles. The van der Waals surface area contributed by atoms with Gasteiger partial charge in [0.1, 0.15) is 0 Å². The number of benzene rings is 1. The largest absolute Gasteiger partial charge is 0.548 e. The number of anilines is 1. The van der Waals surface area contributed by atoms with Crippen LogP contribution in [0.5, 0.6) is 0 Å². The highest BCUT2D eigenvalue weighted by atomic mass is 19.4. The van der Waals surface area contributed by atoms with Crippen LogP contribution in [0.4, 0.5) is 18.9 Å². The summed E-state index contributed by atoms with van der Waals surface area (Å²) in [7, 11) is 0. The molecule has 110 valence electrons. The number of hydrogen-bond acceptors (Lipinski definition) is 4. The van der Waals surface area contributed by atoms with E-state index in [1.165, 1.54) is 6.07 Å². The molecular formula is C13H13F3NO3-. The molecule has 1 fully saturated rings. The van der Waals surface area contributed by atoms with Crippen LogP contribution in [0.2, 0.25) is 0 Å². The average molecular weight is 288 g/mol. The van der Waals surface area contributed by atoms with Gasteiger partial charge in [-0.25, -0.2) is 0 Å². The normalized spacial score (nSPS) is 19.4. The molecule has 1 aromatic rings. The van der Waals surface area contributed by atoms with Crippen molar-refractivity contribution in [3.8, 4) is 0 Å². The van der Waals surface area contributed by atoms with Crippen LogP contribution in [0, 0.1) is 0 Å². The lowest BCUT2D eigenvalue weighted by molar-refractivity contribution is -0.310. The Morgan fingerprint density at radius 1 is 1.45 bits per heavy atom. The monoisotopic (exact) mass is 288 g/mol. The van der Waals surface area contributed by atoms with Gasteiger partial charge in [0.25, 0.3) is 0 Å². The number of halogens is 3. The molecule has 1 saturated heterocycles. The maximum atomic E-state index is 12.6. The van der Waals surface area contributed by atoms with Gasteiger partial charge >= 0.3 is 6.18 Å². The second-order valence-corrected chi connectivity index (χ2v) is 4.59. The molecule has 7 heteroatoms. The zero-order valence-electron chi connectivity index (χ0n) is 10.5. The van der Waals surface area contributed by atoms with E-state index in [9.17, 15) is 23.1 Å². The third-order valence-electron chi connectivity index (χ3n) is 3.12. The number of carbonyl (C=O) groups is 1. The Morgan fingerprint density at radius 2 is 2.20 bits per heavy atom. The quantitative estimate of drug-likeness (QED) is 0.831. The summed E-state index contributed by atoms with van der Waals surface area (Å²) in [5.41, 5.74) is -0.242. The van der Waals surface area contributed by atoms with E-state index in [1.54, 1.807) is 11.0 Å². The van der Waals surface area contributed by atoms with Gasteiger partial charge in [0, 0.05) is 18.8 Å². The molecule has 0 N–H and O–H groups in total. The predicted molar refractivity (Wildman–Crippen MR) is 63.0 cm³/mol. The van der Waals surface area contributed by atoms with Crippen LogP contribution in [0.15, 0.2) is 24.3 Å². The Balaban J connectivity index is 2.01. The summed E-state index contributed by atoms with van der Waals surface area (Å²) in [5.74, 6) is -1.30. The van der Waals surface area contributed by atoms with Gasteiger partial charge in [-0.1, -0.05) is 6.07 Å². The van der Waals surface area contributed by atoms with Crippen molar-refractivity contribution in [3.05, 3.63) is 29.8 Å². The Hall–Kier alpha value is -1.76. The number of carboxylic acid groups (broad SMARTS) is 1. The molecule has 1 atom stereocenters. The van der Waals surface area contributed by atoms with Gasteiger partial charge in [0.15, 0.2) is 0 Å². The fourth-order valence-corrected chi connectivity index (χ4v) is 2.16. The number of rotatable bonds is 4. The van der Waals surface area contributed by atoms with Gasteiger partial charge in [-0.15, -0.1) is 0 Å². The third-order valence-corrected chi connectivity index (χ3v) is 3.12. The Labute approximate surface area is 113 Å². The van der Waals surface area contributed by atoms with E-state index in [1.807, 2.05) is 0 Å². The molecular weight excluding hydrogens is 275 g/mol. The fraction of sp³-hybridized carbons (Fsp3) is 0.462. The molecule has 1 heterocycles. The Kier molecular flexibility index (Phi) is 4.17. The topological polar surface area (TPSA) is 52.6 Å². The smallest absolute Gasteiger partial charge is 0.416 e. The minimum absolute atomic E-state index is 0.303. The van der Waals surface area contributed by atoms with Crippen LogP contribution >= 0.6 is 0 Å². The van der Waals surface area contributed by atoms with E-state index in [-0.39, 0.29) is 6.10 Å². The third kappa shape index (κ3) is 3.63. The van der Waals surface area contributed by atoms with Crippen molar-refractivity contribution in [3.63, 3.8) is 0 Å². The van der Waals surface area contributed by atoms with Gasteiger partial charge in [-0.05, 0) is 24.6 Å². The maximum absolute atomic E-state index is 12.6. The van der Waals surface area contributed by atoms with Crippen molar-refractivity contribution in [2.75, 3.05) is 24.6 Å². The molecule has 0 aromatic heterocycles. The second kappa shape index (κ2) is 5.70. The summed E-state index contributed by atoms with van der Waals surface area (Å²) in [6.45, 7) is 0.398. The van der Waals surface area contributed by atoms with Crippen molar-refractivity contribution < 1.29 is 27.8 Å². The first-order valence-electron chi connectivity index (χ1n) is 6.10. The first-order chi connectivity index (χ1) is 9.36. The van der Waals surface area contributed by atoms with Crippen LogP contribution < -0.4 is 10.0 Å². The molecule has 20 heavy (non-hydrogen) atoms. The number of aliphatic carboxylic acids is 1. The summed E-state index contributed by atoms with van der Waals surface area (Å²) >= 11 is 0. The molecule has 0 amide bonds. The Morgan fingerprint density at radius 3 is 2.85 bits per heavy atom. The van der Waals surface area contributed by atoms with E-state index in [4.69, 9.17) is 4.74 Å². The number of ether oxygens (including phenoxy) is 1. The zero-order valence-corrected chi connectivity index (χ0v) is 10.5. The summed E-state index contributed by atoms with van der Waals surface area (Å²) in [4.78, 5) is 12.0. The molecule has 0 bridgehead atoms. The predicted octanol–water partition coefficient (Wildman–Crippen LogP) is 1.05. The fourth-order valence-electron chi connectivity index (χ4n) is 2.16. The number of carbonyl (C=O) groups excluding carboxylic acids is 1. The van der Waals surface area contributed by atoms with Crippen molar-refractivity contribution in [1.82, 2.24) is 0 Å². The lowest BCUT2D eigenvalue weighted by atomic mass is 10.2. The van der Waals surface area contributed by atoms with Gasteiger partial charge in [-0.3, -0.25) is 0 Å². The van der Waals surface area contributed by atoms with Crippen LogP contribution in [-0.4, -0.2) is 31.8 Å². The van der Waals surface area contributed by atoms with E-state index < -0.39 is 24.3 Å². The highest BCUT2D eigenvalue weighted by molar-refractivity contribution is 5.65. The summed E-state index contributed by atoms with van der Waals surface area (Å²) in [6, 6.07) is 5.05. The zero-order chi connectivity index (χ0) is 14.8. The van der Waals surface area contributed by atoms with Gasteiger partial charge in [0.2, 0.25) is 0 Å². The Bertz CT molecular complexity index is 490. The van der Waals surface area contributed by atoms with E-state index in [0.29, 0.717) is 25.2 Å². The van der Waals surface area contributed by atoms with Gasteiger partial charge in [-0.2, -0.15) is 13.2 Å². The van der Waals surface area contributed by atoms with Crippen molar-refractivity contribution in [2.24, 2.45) is 0 Å². The second-order valence-electron chi connectivity index (χ2n) is 4.59. The van der Waals surface area contributed by atoms with Gasteiger partial charge in [0.05, 0.1) is 24.2 Å². The summed E-state index contributed by atoms with van der Waals surface area (Å²) in [6.07, 6.45) is -4.10. The molecule has 4 nitrogen and oxygen atoms in total. The van der Waals surface area contributed by atoms with Crippen molar-refractivity contribution in [1.29, 1.82) is 0 Å². The SMILES string of the molecule is O=C([O-])COC1CCN(c2cccc(C(F)(F)F)c2)C1. The first-order valence-corrected chi connectivity index (χ1v) is 6.10. The standard InChI is InChI=1S/C13H14F3NO3/c14-13(15,16)9-2-1-3-10(6-9)17-5-4-11(7-17)20-8-12(18)19/h1-3,6,11H,4-5,7-8H2,(H,18,19)/p-1. The average Bonchev–Trinajstić information content (AvgIpc) is 2.84. The van der Waals surface area contributed by atoms with Crippen LogP contribution in [0.1, 0.15) is 12.0 Å². The lowest BCUT2D eigenvalue weighted by Crippen LogP contribution is -2.31. The maximum Gasteiger partial charge on any atom is 0.416 e. The molecule has 1 aliphatic heterocycles. The molecule has 1 aromatic carbocycles. The molecule has 1 aliphatic rings. The molecule has 0 spiro atoms. The number of alkyl halides is 3. The number of carboxylic acids is 1. The minimum Gasteiger partial charge on any atom is -0.548 e. The lowest BCUT2D eigenvalue weighted by Gasteiger charge is -2.20. The molecule has 0 radical (unpaired) electrons. The summed E-state index contributed by atoms with van der Waals surface area (Å²) in [5, 5.41) is 10.3. The van der Waals surface area contributed by atoms with Crippen molar-refractivity contribution >= 4 is 11.7 Å². The van der Waals surface area contributed by atoms with E-state index in [2.05, 4.69) is 0 Å². The van der Waals surface area contributed by atoms with E-state index in [0.717, 1.165) is 12.1 Å². The number of hydrogen-bond donors (Lipinski definition) is 0. The summed E-state index contributed by atoms with van der Waals surface area (Å²) < 4.78 is 43.0. The van der Waals surface area contributed by atoms with Gasteiger partial charge < -0.3 is 19.5 Å². The van der Waals surface area contributed by atoms with Crippen LogP contribution in [0.25, 0.3) is 0 Å². The highest BCUT2D eigenvalue weighted by Crippen LogP contribution is 2.32.